The van der Waals surface area contributed by atoms with Crippen molar-refractivity contribution in [2.24, 2.45) is 0 Å². The highest BCUT2D eigenvalue weighted by atomic mass is 16.4. The lowest BCUT2D eigenvalue weighted by Crippen LogP contribution is -2.14. The van der Waals surface area contributed by atoms with Crippen LogP contribution in [0.4, 0.5) is 5.69 Å². The third-order valence-electron chi connectivity index (χ3n) is 5.44. The van der Waals surface area contributed by atoms with E-state index in [9.17, 15) is 24.9 Å². The van der Waals surface area contributed by atoms with Crippen LogP contribution in [0.25, 0.3) is 11.0 Å². The minimum Gasteiger partial charge on any atom is -0.508 e. The van der Waals surface area contributed by atoms with Crippen LogP contribution in [0, 0.1) is 0 Å². The van der Waals surface area contributed by atoms with E-state index in [1.165, 1.54) is 12.1 Å². The van der Waals surface area contributed by atoms with E-state index in [4.69, 9.17) is 0 Å². The summed E-state index contributed by atoms with van der Waals surface area (Å²) in [5, 5.41) is 31.5. The Hall–Kier alpha value is -4.33. The molecule has 0 saturated carbocycles. The Kier molecular flexibility index (Phi) is 6.26. The maximum Gasteiger partial charge on any atom is 0.305 e. The van der Waals surface area contributed by atoms with E-state index in [-0.39, 0.29) is 30.2 Å². The lowest BCUT2D eigenvalue weighted by atomic mass is 10.0. The second kappa shape index (κ2) is 9.44. The molecule has 1 aromatic heterocycles. The minimum absolute atomic E-state index is 0.0358. The molecule has 0 spiro atoms. The normalized spacial score (nSPS) is 11.9. The lowest BCUT2D eigenvalue weighted by Gasteiger charge is -2.18. The number of carboxylic acid groups (broad SMARTS) is 1. The van der Waals surface area contributed by atoms with E-state index in [2.05, 4.69) is 10.3 Å². The molecule has 1 unspecified atom stereocenters. The largest absolute Gasteiger partial charge is 0.508 e. The number of benzene rings is 3. The molecule has 168 valence electrons. The third-order valence-corrected chi connectivity index (χ3v) is 5.44. The van der Waals surface area contributed by atoms with Crippen molar-refractivity contribution < 1.29 is 24.9 Å². The van der Waals surface area contributed by atoms with E-state index >= 15 is 0 Å². The molecule has 33 heavy (non-hydrogen) atoms. The number of hydrogen-bond donors (Lipinski definition) is 4. The molecular weight excluding hydrogens is 422 g/mol. The van der Waals surface area contributed by atoms with Crippen molar-refractivity contribution in [3.05, 3.63) is 84.2 Å². The fourth-order valence-electron chi connectivity index (χ4n) is 3.81. The number of aryl methyl sites for hydroxylation is 1. The number of aliphatic carboxylic acids is 1. The SMILES string of the molecule is O=C(O)CC(c1ccccc1)n1cnc2cc(NC(=O)CCc3ccc(O)cc3O)ccc21. The van der Waals surface area contributed by atoms with E-state index in [0.717, 1.165) is 11.1 Å². The van der Waals surface area contributed by atoms with Crippen molar-refractivity contribution in [1.29, 1.82) is 0 Å². The smallest absolute Gasteiger partial charge is 0.305 e. The van der Waals surface area contributed by atoms with Gasteiger partial charge in [-0.05, 0) is 41.8 Å². The molecule has 0 aliphatic carbocycles. The van der Waals surface area contributed by atoms with Gasteiger partial charge in [0.1, 0.15) is 11.5 Å². The van der Waals surface area contributed by atoms with E-state index in [0.29, 0.717) is 23.2 Å². The zero-order valence-electron chi connectivity index (χ0n) is 17.7. The van der Waals surface area contributed by atoms with Gasteiger partial charge in [0.15, 0.2) is 0 Å². The Balaban J connectivity index is 1.50. The van der Waals surface area contributed by atoms with Crippen molar-refractivity contribution in [2.75, 3.05) is 5.32 Å². The molecule has 1 amide bonds. The van der Waals surface area contributed by atoms with Gasteiger partial charge in [-0.3, -0.25) is 9.59 Å². The first-order valence-electron chi connectivity index (χ1n) is 10.4. The highest BCUT2D eigenvalue weighted by Gasteiger charge is 2.20. The summed E-state index contributed by atoms with van der Waals surface area (Å²) in [7, 11) is 0. The van der Waals surface area contributed by atoms with Crippen molar-refractivity contribution in [3.8, 4) is 11.5 Å². The summed E-state index contributed by atoms with van der Waals surface area (Å²) in [6.45, 7) is 0. The highest BCUT2D eigenvalue weighted by molar-refractivity contribution is 5.93. The van der Waals surface area contributed by atoms with Crippen LogP contribution >= 0.6 is 0 Å². The Morgan fingerprint density at radius 2 is 1.79 bits per heavy atom. The summed E-state index contributed by atoms with van der Waals surface area (Å²) in [6.07, 6.45) is 2.00. The molecule has 0 aliphatic rings. The van der Waals surface area contributed by atoms with Crippen LogP contribution in [0.15, 0.2) is 73.1 Å². The lowest BCUT2D eigenvalue weighted by molar-refractivity contribution is -0.137. The van der Waals surface area contributed by atoms with Gasteiger partial charge >= 0.3 is 5.97 Å². The van der Waals surface area contributed by atoms with Crippen LogP contribution in [0.5, 0.6) is 11.5 Å². The second-order valence-corrected chi connectivity index (χ2v) is 7.74. The van der Waals surface area contributed by atoms with Gasteiger partial charge in [-0.25, -0.2) is 4.98 Å². The predicted octanol–water partition coefficient (Wildman–Crippen LogP) is 4.08. The van der Waals surface area contributed by atoms with Gasteiger partial charge in [-0.1, -0.05) is 36.4 Å². The molecule has 4 rings (SSSR count). The summed E-state index contributed by atoms with van der Waals surface area (Å²) >= 11 is 0. The number of aromatic hydroxyl groups is 2. The molecular formula is C25H23N3O5. The number of carbonyl (C=O) groups is 2. The van der Waals surface area contributed by atoms with Gasteiger partial charge < -0.3 is 25.2 Å². The third kappa shape index (κ3) is 5.12. The van der Waals surface area contributed by atoms with Crippen molar-refractivity contribution in [2.45, 2.75) is 25.3 Å². The molecule has 1 atom stereocenters. The van der Waals surface area contributed by atoms with E-state index in [1.54, 1.807) is 24.5 Å². The number of hydrogen-bond acceptors (Lipinski definition) is 5. The summed E-state index contributed by atoms with van der Waals surface area (Å²) < 4.78 is 1.83. The van der Waals surface area contributed by atoms with Gasteiger partial charge in [0.05, 0.1) is 29.8 Å². The van der Waals surface area contributed by atoms with Crippen LogP contribution in [0.2, 0.25) is 0 Å². The van der Waals surface area contributed by atoms with Gasteiger partial charge in [-0.2, -0.15) is 0 Å². The molecule has 8 heteroatoms. The number of fused-ring (bicyclic) bond motifs is 1. The van der Waals surface area contributed by atoms with E-state index in [1.807, 2.05) is 41.0 Å². The monoisotopic (exact) mass is 445 g/mol. The number of nitrogens with zero attached hydrogens (tertiary/aromatic N) is 2. The van der Waals surface area contributed by atoms with Crippen molar-refractivity contribution in [1.82, 2.24) is 9.55 Å². The summed E-state index contributed by atoms with van der Waals surface area (Å²) in [5.74, 6) is -1.22. The Morgan fingerprint density at radius 1 is 1.00 bits per heavy atom. The molecule has 0 saturated heterocycles. The zero-order chi connectivity index (χ0) is 23.4. The Labute approximate surface area is 189 Å². The molecule has 1 heterocycles. The molecule has 8 nitrogen and oxygen atoms in total. The molecule has 4 aromatic rings. The number of nitrogens with one attached hydrogen (secondary N) is 1. The predicted molar refractivity (Wildman–Crippen MR) is 123 cm³/mol. The van der Waals surface area contributed by atoms with Crippen LogP contribution in [0.1, 0.15) is 30.0 Å². The number of aromatic nitrogens is 2. The maximum absolute atomic E-state index is 12.4. The first-order chi connectivity index (χ1) is 15.9. The topological polar surface area (TPSA) is 125 Å². The first kappa shape index (κ1) is 21.9. The fraction of sp³-hybridized carbons (Fsp3) is 0.160. The summed E-state index contributed by atoms with van der Waals surface area (Å²) in [4.78, 5) is 28.3. The second-order valence-electron chi connectivity index (χ2n) is 7.74. The number of phenolic OH excluding ortho intramolecular Hbond substituents is 2. The molecule has 4 N–H and O–H groups in total. The molecule has 0 radical (unpaired) electrons. The zero-order valence-corrected chi connectivity index (χ0v) is 17.7. The van der Waals surface area contributed by atoms with Crippen LogP contribution in [-0.2, 0) is 16.0 Å². The highest BCUT2D eigenvalue weighted by Crippen LogP contribution is 2.28. The van der Waals surface area contributed by atoms with Gasteiger partial charge in [-0.15, -0.1) is 0 Å². The maximum atomic E-state index is 12.4. The van der Waals surface area contributed by atoms with Gasteiger partial charge in [0.25, 0.3) is 0 Å². The number of amides is 1. The fourth-order valence-corrected chi connectivity index (χ4v) is 3.81. The Bertz CT molecular complexity index is 1300. The van der Waals surface area contributed by atoms with E-state index < -0.39 is 12.0 Å². The number of anilines is 1. The van der Waals surface area contributed by atoms with Crippen molar-refractivity contribution >= 4 is 28.6 Å². The van der Waals surface area contributed by atoms with Crippen LogP contribution < -0.4 is 5.32 Å². The standard InChI is InChI=1S/C25H23N3O5/c29-19-9-6-17(23(30)13-19)7-11-24(31)27-18-8-10-21-20(12-18)26-15-28(21)22(14-25(32)33)16-4-2-1-3-5-16/h1-6,8-10,12-13,15,22,29-30H,7,11,14H2,(H,27,31)(H,32,33). The number of carboxylic acids is 1. The Morgan fingerprint density at radius 3 is 2.52 bits per heavy atom. The quantitative estimate of drug-likeness (QED) is 0.324. The average molecular weight is 445 g/mol. The minimum atomic E-state index is -0.908. The number of imidazole rings is 1. The van der Waals surface area contributed by atoms with Crippen LogP contribution in [0.3, 0.4) is 0 Å². The first-order valence-corrected chi connectivity index (χ1v) is 10.4. The van der Waals surface area contributed by atoms with Gasteiger partial charge in [0, 0.05) is 18.2 Å². The number of phenols is 2. The number of carbonyl (C=O) groups excluding carboxylic acids is 1. The summed E-state index contributed by atoms with van der Waals surface area (Å²) in [5.41, 5.74) is 3.41. The molecule has 0 fully saturated rings. The summed E-state index contributed by atoms with van der Waals surface area (Å²) in [6, 6.07) is 18.6. The van der Waals surface area contributed by atoms with Gasteiger partial charge in [0.2, 0.25) is 5.91 Å². The van der Waals surface area contributed by atoms with Crippen molar-refractivity contribution in [3.63, 3.8) is 0 Å². The molecule has 3 aromatic carbocycles. The number of rotatable bonds is 8. The molecule has 0 bridgehead atoms. The van der Waals surface area contributed by atoms with Crippen LogP contribution in [-0.4, -0.2) is 36.7 Å². The molecule has 0 aliphatic heterocycles. The average Bonchev–Trinajstić information content (AvgIpc) is 3.20.